The zero-order chi connectivity index (χ0) is 23.4. The maximum Gasteiger partial charge on any atom is 0.264 e. The number of rotatable bonds is 7. The van der Waals surface area contributed by atoms with Crippen molar-refractivity contribution < 1.29 is 9.26 Å². The number of hydrogen-bond donors (Lipinski definition) is 1. The molecule has 2 heterocycles. The van der Waals surface area contributed by atoms with E-state index in [1.54, 1.807) is 6.07 Å². The van der Waals surface area contributed by atoms with Gasteiger partial charge in [-0.15, -0.1) is 0 Å². The molecule has 0 atom stereocenters. The Labute approximate surface area is 194 Å². The van der Waals surface area contributed by atoms with Gasteiger partial charge in [-0.2, -0.15) is 9.97 Å². The van der Waals surface area contributed by atoms with Crippen LogP contribution in [0.15, 0.2) is 59.1 Å². The summed E-state index contributed by atoms with van der Waals surface area (Å²) in [5.41, 5.74) is 5.21. The van der Waals surface area contributed by atoms with E-state index in [0.29, 0.717) is 23.5 Å². The largest absolute Gasteiger partial charge is 0.467 e. The van der Waals surface area contributed by atoms with Crippen molar-refractivity contribution in [2.45, 2.75) is 53.1 Å². The van der Waals surface area contributed by atoms with Crippen molar-refractivity contribution in [2.75, 3.05) is 5.32 Å². The second kappa shape index (κ2) is 9.40. The van der Waals surface area contributed by atoms with E-state index >= 15 is 0 Å². The van der Waals surface area contributed by atoms with Crippen molar-refractivity contribution in [1.29, 1.82) is 0 Å². The molecule has 0 aliphatic heterocycles. The predicted octanol–water partition coefficient (Wildman–Crippen LogP) is 6.02. The summed E-state index contributed by atoms with van der Waals surface area (Å²) in [5.74, 6) is 1.83. The Kier molecular flexibility index (Phi) is 6.40. The Morgan fingerprint density at radius 3 is 2.48 bits per heavy atom. The highest BCUT2D eigenvalue weighted by atomic mass is 16.5. The lowest BCUT2D eigenvalue weighted by Crippen LogP contribution is -2.10. The molecular formula is C26H29N5O2. The third-order valence-corrected chi connectivity index (χ3v) is 5.24. The molecule has 33 heavy (non-hydrogen) atoms. The molecule has 0 fully saturated rings. The number of aryl methyl sites for hydroxylation is 2. The van der Waals surface area contributed by atoms with Crippen LogP contribution in [0.2, 0.25) is 0 Å². The number of nitrogens with one attached hydrogen (secondary N) is 1. The third kappa shape index (κ3) is 5.74. The fourth-order valence-corrected chi connectivity index (χ4v) is 3.35. The number of anilines is 2. The first kappa shape index (κ1) is 22.5. The smallest absolute Gasteiger partial charge is 0.264 e. The van der Waals surface area contributed by atoms with E-state index in [1.165, 1.54) is 11.1 Å². The fraction of sp³-hybridized carbons (Fsp3) is 0.308. The van der Waals surface area contributed by atoms with E-state index in [1.807, 2.05) is 31.2 Å². The average molecular weight is 444 g/mol. The zero-order valence-corrected chi connectivity index (χ0v) is 19.7. The number of benzene rings is 2. The molecule has 170 valence electrons. The molecule has 4 aromatic rings. The molecule has 0 unspecified atom stereocenters. The first-order valence-electron chi connectivity index (χ1n) is 11.1. The first-order chi connectivity index (χ1) is 15.8. The van der Waals surface area contributed by atoms with Crippen LogP contribution in [-0.4, -0.2) is 20.1 Å². The molecule has 0 spiro atoms. The molecule has 0 amide bonds. The lowest BCUT2D eigenvalue weighted by molar-refractivity contribution is 0.235. The Balaban J connectivity index is 1.43. The van der Waals surface area contributed by atoms with Crippen molar-refractivity contribution in [3.05, 3.63) is 77.3 Å². The molecule has 0 saturated carbocycles. The molecule has 2 aromatic heterocycles. The summed E-state index contributed by atoms with van der Waals surface area (Å²) >= 11 is 0. The van der Waals surface area contributed by atoms with E-state index < -0.39 is 0 Å². The van der Waals surface area contributed by atoms with Gasteiger partial charge in [-0.1, -0.05) is 69.2 Å². The maximum atomic E-state index is 5.82. The highest BCUT2D eigenvalue weighted by Crippen LogP contribution is 2.25. The number of hydrogen-bond acceptors (Lipinski definition) is 7. The van der Waals surface area contributed by atoms with Gasteiger partial charge in [-0.25, -0.2) is 4.98 Å². The van der Waals surface area contributed by atoms with Crippen molar-refractivity contribution in [2.24, 2.45) is 0 Å². The van der Waals surface area contributed by atoms with Crippen LogP contribution in [0.5, 0.6) is 5.88 Å². The summed E-state index contributed by atoms with van der Waals surface area (Å²) in [6.07, 6.45) is 0.964. The van der Waals surface area contributed by atoms with Gasteiger partial charge in [0.15, 0.2) is 6.61 Å². The second-order valence-corrected chi connectivity index (χ2v) is 8.98. The number of nitrogens with zero attached hydrogens (tertiary/aromatic N) is 4. The minimum Gasteiger partial charge on any atom is -0.467 e. The second-order valence-electron chi connectivity index (χ2n) is 8.98. The van der Waals surface area contributed by atoms with Crippen LogP contribution < -0.4 is 10.1 Å². The van der Waals surface area contributed by atoms with E-state index in [4.69, 9.17) is 9.26 Å². The van der Waals surface area contributed by atoms with Crippen molar-refractivity contribution in [1.82, 2.24) is 20.1 Å². The van der Waals surface area contributed by atoms with Gasteiger partial charge < -0.3 is 14.6 Å². The van der Waals surface area contributed by atoms with E-state index in [9.17, 15) is 0 Å². The Bertz CT molecular complexity index is 1230. The Morgan fingerprint density at radius 2 is 1.76 bits per heavy atom. The Hall–Kier alpha value is -3.74. The lowest BCUT2D eigenvalue weighted by atomic mass is 9.87. The van der Waals surface area contributed by atoms with E-state index in [0.717, 1.165) is 23.4 Å². The van der Waals surface area contributed by atoms with Crippen molar-refractivity contribution in [3.63, 3.8) is 0 Å². The van der Waals surface area contributed by atoms with Crippen molar-refractivity contribution >= 4 is 11.6 Å². The Morgan fingerprint density at radius 1 is 0.970 bits per heavy atom. The summed E-state index contributed by atoms with van der Waals surface area (Å²) in [5, 5.41) is 7.33. The van der Waals surface area contributed by atoms with Gasteiger partial charge in [0, 0.05) is 23.0 Å². The maximum absolute atomic E-state index is 5.82. The minimum atomic E-state index is 0.0942. The molecule has 0 saturated heterocycles. The standard InChI is InChI=1S/C26H29N5O2/c1-6-18-8-7-9-21(15-18)28-25-27-17(2)14-22(30-25)32-16-23-29-24(31-33-23)19-10-12-20(13-11-19)26(3,4)5/h7-15H,6,16H2,1-5H3,(H,27,28,30). The van der Waals surface area contributed by atoms with E-state index in [2.05, 4.69) is 77.4 Å². The summed E-state index contributed by atoms with van der Waals surface area (Å²) < 4.78 is 11.2. The molecule has 0 aliphatic carbocycles. The molecule has 2 aromatic carbocycles. The SMILES string of the molecule is CCc1cccc(Nc2nc(C)cc(OCc3nc(-c4ccc(C(C)(C)C)cc4)no3)n2)c1. The van der Waals surface area contributed by atoms with Gasteiger partial charge in [0.25, 0.3) is 5.89 Å². The molecule has 0 radical (unpaired) electrons. The molecule has 4 rings (SSSR count). The van der Waals surface area contributed by atoms with Gasteiger partial charge in [-0.3, -0.25) is 0 Å². The minimum absolute atomic E-state index is 0.0942. The van der Waals surface area contributed by atoms with Gasteiger partial charge in [0.1, 0.15) is 0 Å². The normalized spacial score (nSPS) is 11.4. The monoisotopic (exact) mass is 443 g/mol. The number of aromatic nitrogens is 4. The molecule has 7 heteroatoms. The van der Waals surface area contributed by atoms with Crippen LogP contribution in [0.3, 0.4) is 0 Å². The predicted molar refractivity (Wildman–Crippen MR) is 129 cm³/mol. The van der Waals surface area contributed by atoms with Crippen molar-refractivity contribution in [3.8, 4) is 17.3 Å². The molecule has 7 nitrogen and oxygen atoms in total. The topological polar surface area (TPSA) is 86.0 Å². The van der Waals surface area contributed by atoms with E-state index in [-0.39, 0.29) is 12.0 Å². The van der Waals surface area contributed by atoms with Gasteiger partial charge in [0.2, 0.25) is 17.7 Å². The van der Waals surface area contributed by atoms with Gasteiger partial charge >= 0.3 is 0 Å². The van der Waals surface area contributed by atoms with Crippen LogP contribution in [0.4, 0.5) is 11.6 Å². The fourth-order valence-electron chi connectivity index (χ4n) is 3.35. The molecule has 1 N–H and O–H groups in total. The molecule has 0 bridgehead atoms. The van der Waals surface area contributed by atoms with Crippen LogP contribution in [0, 0.1) is 6.92 Å². The van der Waals surface area contributed by atoms with Gasteiger partial charge in [0.05, 0.1) is 0 Å². The summed E-state index contributed by atoms with van der Waals surface area (Å²) in [6, 6.07) is 18.2. The molecule has 0 aliphatic rings. The summed E-state index contributed by atoms with van der Waals surface area (Å²) in [7, 11) is 0. The van der Waals surface area contributed by atoms with Crippen LogP contribution in [0.25, 0.3) is 11.4 Å². The first-order valence-corrected chi connectivity index (χ1v) is 11.1. The van der Waals surface area contributed by atoms with Crippen LogP contribution in [-0.2, 0) is 18.4 Å². The lowest BCUT2D eigenvalue weighted by Gasteiger charge is -2.18. The average Bonchev–Trinajstić information content (AvgIpc) is 3.26. The highest BCUT2D eigenvalue weighted by Gasteiger charge is 2.15. The quantitative estimate of drug-likeness (QED) is 0.374. The highest BCUT2D eigenvalue weighted by molar-refractivity contribution is 5.56. The third-order valence-electron chi connectivity index (χ3n) is 5.24. The summed E-state index contributed by atoms with van der Waals surface area (Å²) in [6.45, 7) is 10.7. The van der Waals surface area contributed by atoms with Crippen LogP contribution in [0.1, 0.15) is 50.4 Å². The number of ether oxygens (including phenoxy) is 1. The molecular weight excluding hydrogens is 414 g/mol. The zero-order valence-electron chi connectivity index (χ0n) is 19.7. The van der Waals surface area contributed by atoms with Crippen LogP contribution >= 0.6 is 0 Å². The summed E-state index contributed by atoms with van der Waals surface area (Å²) in [4.78, 5) is 13.4. The van der Waals surface area contributed by atoms with Gasteiger partial charge in [-0.05, 0) is 42.0 Å².